The highest BCUT2D eigenvalue weighted by Crippen LogP contribution is 2.30. The topological polar surface area (TPSA) is 61.4 Å². The molecule has 5 nitrogen and oxygen atoms in total. The molecule has 1 atom stereocenters. The molecule has 0 spiro atoms. The zero-order valence-electron chi connectivity index (χ0n) is 16.1. The maximum Gasteiger partial charge on any atom is 0.141 e. The van der Waals surface area contributed by atoms with Crippen molar-refractivity contribution in [2.75, 3.05) is 26.7 Å². The molecule has 28 heavy (non-hydrogen) atoms. The van der Waals surface area contributed by atoms with Gasteiger partial charge in [-0.25, -0.2) is 4.98 Å². The van der Waals surface area contributed by atoms with Crippen LogP contribution in [-0.2, 0) is 4.74 Å². The van der Waals surface area contributed by atoms with Crippen LogP contribution in [0.2, 0.25) is 0 Å². The van der Waals surface area contributed by atoms with E-state index in [2.05, 4.69) is 34.8 Å². The van der Waals surface area contributed by atoms with Gasteiger partial charge in [0.1, 0.15) is 18.5 Å². The predicted molar refractivity (Wildman–Crippen MR) is 110 cm³/mol. The van der Waals surface area contributed by atoms with Crippen molar-refractivity contribution in [1.29, 1.82) is 0 Å². The smallest absolute Gasteiger partial charge is 0.141 e. The van der Waals surface area contributed by atoms with Gasteiger partial charge in [-0.2, -0.15) is 0 Å². The monoisotopic (exact) mass is 375 g/mol. The number of aliphatic hydroxyl groups is 1. The van der Waals surface area contributed by atoms with E-state index in [1.54, 1.807) is 0 Å². The van der Waals surface area contributed by atoms with Crippen molar-refractivity contribution < 1.29 is 9.84 Å². The number of likely N-dealkylation sites (tertiary alicyclic amines) is 1. The van der Waals surface area contributed by atoms with Crippen molar-refractivity contribution in [3.63, 3.8) is 0 Å². The van der Waals surface area contributed by atoms with Crippen LogP contribution in [-0.4, -0.2) is 52.8 Å². The fourth-order valence-electron chi connectivity index (χ4n) is 3.63. The van der Waals surface area contributed by atoms with Gasteiger partial charge in [0.05, 0.1) is 17.1 Å². The lowest BCUT2D eigenvalue weighted by atomic mass is 10.0. The normalized spacial score (nSPS) is 16.6. The molecule has 1 aromatic heterocycles. The van der Waals surface area contributed by atoms with Crippen LogP contribution in [0, 0.1) is 11.8 Å². The van der Waals surface area contributed by atoms with Gasteiger partial charge in [-0.1, -0.05) is 36.1 Å². The Balaban J connectivity index is 1.68. The number of hydrogen-bond donors (Lipinski definition) is 2. The summed E-state index contributed by atoms with van der Waals surface area (Å²) in [6.45, 7) is 1.93. The highest BCUT2D eigenvalue weighted by Gasteiger charge is 2.26. The second-order valence-corrected chi connectivity index (χ2v) is 7.24. The fraction of sp³-hybridized carbons (Fsp3) is 0.348. The number of fused-ring (bicyclic) bond motifs is 1. The first-order valence-corrected chi connectivity index (χ1v) is 9.71. The van der Waals surface area contributed by atoms with Crippen LogP contribution in [0.15, 0.2) is 48.5 Å². The molecule has 2 aromatic carbocycles. The number of rotatable bonds is 4. The van der Waals surface area contributed by atoms with Gasteiger partial charge in [0.25, 0.3) is 0 Å². The van der Waals surface area contributed by atoms with E-state index in [9.17, 15) is 0 Å². The largest absolute Gasteiger partial charge is 0.384 e. The third kappa shape index (κ3) is 4.26. The number of H-pyrrole nitrogens is 1. The van der Waals surface area contributed by atoms with Crippen molar-refractivity contribution in [3.8, 4) is 11.8 Å². The maximum atomic E-state index is 8.99. The number of hydrogen-bond acceptors (Lipinski definition) is 4. The number of aromatic amines is 1. The van der Waals surface area contributed by atoms with Gasteiger partial charge in [0, 0.05) is 18.7 Å². The quantitative estimate of drug-likeness (QED) is 0.688. The molecule has 1 unspecified atom stereocenters. The summed E-state index contributed by atoms with van der Waals surface area (Å²) in [7, 11) is 2.15. The van der Waals surface area contributed by atoms with Crippen molar-refractivity contribution in [2.24, 2.45) is 0 Å². The third-order valence-electron chi connectivity index (χ3n) is 5.15. The SMILES string of the molecule is CN1CCC(OC(c2cccc(C#CCO)c2)c2nc3ccccc3[nH]2)CC1. The van der Waals surface area contributed by atoms with Gasteiger partial charge in [-0.05, 0) is 49.7 Å². The Bertz CT molecular complexity index is 960. The number of nitrogens with one attached hydrogen (secondary N) is 1. The molecule has 0 bridgehead atoms. The first kappa shape index (κ1) is 18.7. The molecule has 5 heteroatoms. The molecule has 3 aromatic rings. The van der Waals surface area contributed by atoms with Crippen molar-refractivity contribution >= 4 is 11.0 Å². The van der Waals surface area contributed by atoms with E-state index in [1.807, 2.05) is 42.5 Å². The summed E-state index contributed by atoms with van der Waals surface area (Å²) in [4.78, 5) is 10.6. The average molecular weight is 375 g/mol. The molecule has 0 amide bonds. The van der Waals surface area contributed by atoms with Gasteiger partial charge < -0.3 is 19.7 Å². The van der Waals surface area contributed by atoms with Gasteiger partial charge in [-0.15, -0.1) is 0 Å². The minimum absolute atomic E-state index is 0.149. The lowest BCUT2D eigenvalue weighted by molar-refractivity contribution is -0.0264. The molecule has 4 rings (SSSR count). The lowest BCUT2D eigenvalue weighted by Gasteiger charge is -2.31. The Morgan fingerprint density at radius 2 is 2.04 bits per heavy atom. The molecule has 144 valence electrons. The molecular formula is C23H25N3O2. The molecule has 2 N–H and O–H groups in total. The first-order valence-electron chi connectivity index (χ1n) is 9.71. The summed E-state index contributed by atoms with van der Waals surface area (Å²) in [6, 6.07) is 16.0. The molecule has 1 aliphatic heterocycles. The summed E-state index contributed by atoms with van der Waals surface area (Å²) < 4.78 is 6.58. The van der Waals surface area contributed by atoms with E-state index < -0.39 is 0 Å². The molecular weight excluding hydrogens is 350 g/mol. The second-order valence-electron chi connectivity index (χ2n) is 7.24. The van der Waals surface area contributed by atoms with Gasteiger partial charge in [-0.3, -0.25) is 0 Å². The van der Waals surface area contributed by atoms with E-state index in [4.69, 9.17) is 14.8 Å². The number of piperidine rings is 1. The molecule has 0 aliphatic carbocycles. The van der Waals surface area contributed by atoms with Crippen molar-refractivity contribution in [3.05, 3.63) is 65.5 Å². The number of imidazole rings is 1. The molecule has 2 heterocycles. The predicted octanol–water partition coefficient (Wildman–Crippen LogP) is 3.11. The number of benzene rings is 2. The summed E-state index contributed by atoms with van der Waals surface area (Å²) in [5.41, 5.74) is 3.82. The Morgan fingerprint density at radius 1 is 1.21 bits per heavy atom. The van der Waals surface area contributed by atoms with Crippen molar-refractivity contribution in [2.45, 2.75) is 25.0 Å². The number of aromatic nitrogens is 2. The van der Waals surface area contributed by atoms with E-state index in [-0.39, 0.29) is 18.8 Å². The molecule has 0 saturated carbocycles. The molecule has 0 radical (unpaired) electrons. The van der Waals surface area contributed by atoms with E-state index in [0.29, 0.717) is 0 Å². The Hall–Kier alpha value is -2.65. The number of para-hydroxylation sites is 2. The highest BCUT2D eigenvalue weighted by atomic mass is 16.5. The van der Waals surface area contributed by atoms with Crippen LogP contribution < -0.4 is 0 Å². The Kier molecular flexibility index (Phi) is 5.73. The van der Waals surface area contributed by atoms with Crippen molar-refractivity contribution in [1.82, 2.24) is 14.9 Å². The van der Waals surface area contributed by atoms with Crippen LogP contribution >= 0.6 is 0 Å². The third-order valence-corrected chi connectivity index (χ3v) is 5.15. The fourth-order valence-corrected chi connectivity index (χ4v) is 3.63. The summed E-state index contributed by atoms with van der Waals surface area (Å²) in [5.74, 6) is 6.51. The molecule has 1 saturated heterocycles. The van der Waals surface area contributed by atoms with Gasteiger partial charge >= 0.3 is 0 Å². The average Bonchev–Trinajstić information content (AvgIpc) is 3.16. The second kappa shape index (κ2) is 8.57. The minimum Gasteiger partial charge on any atom is -0.384 e. The summed E-state index contributed by atoms with van der Waals surface area (Å²) in [5, 5.41) is 8.99. The van der Waals surface area contributed by atoms with Crippen LogP contribution in [0.1, 0.15) is 35.9 Å². The van der Waals surface area contributed by atoms with E-state index in [1.165, 1.54) is 0 Å². The Morgan fingerprint density at radius 3 is 2.82 bits per heavy atom. The lowest BCUT2D eigenvalue weighted by Crippen LogP contribution is -2.35. The zero-order chi connectivity index (χ0) is 19.3. The summed E-state index contributed by atoms with van der Waals surface area (Å²) in [6.07, 6.45) is 1.94. The number of aliphatic hydroxyl groups excluding tert-OH is 1. The number of nitrogens with zero attached hydrogens (tertiary/aromatic N) is 2. The van der Waals surface area contributed by atoms with Gasteiger partial charge in [0.15, 0.2) is 0 Å². The van der Waals surface area contributed by atoms with Crippen LogP contribution in [0.25, 0.3) is 11.0 Å². The minimum atomic E-state index is -0.281. The standard InChI is InChI=1S/C23H25N3O2/c1-26-13-11-19(12-14-26)28-22(18-8-4-6-17(16-18)7-5-15-27)23-24-20-9-2-3-10-21(20)25-23/h2-4,6,8-10,16,19,22,27H,11-15H2,1H3,(H,24,25). The molecule has 1 fully saturated rings. The number of ether oxygens (including phenoxy) is 1. The van der Waals surface area contributed by atoms with Crippen LogP contribution in [0.5, 0.6) is 0 Å². The van der Waals surface area contributed by atoms with E-state index in [0.717, 1.165) is 53.9 Å². The highest BCUT2D eigenvalue weighted by molar-refractivity contribution is 5.74. The van der Waals surface area contributed by atoms with Gasteiger partial charge in [0.2, 0.25) is 0 Å². The van der Waals surface area contributed by atoms with Crippen LogP contribution in [0.4, 0.5) is 0 Å². The molecule has 1 aliphatic rings. The zero-order valence-corrected chi connectivity index (χ0v) is 16.1. The summed E-state index contributed by atoms with van der Waals surface area (Å²) >= 11 is 0. The first-order chi connectivity index (χ1) is 13.7. The maximum absolute atomic E-state index is 8.99. The van der Waals surface area contributed by atoms with E-state index >= 15 is 0 Å². The Labute approximate surface area is 165 Å². The van der Waals surface area contributed by atoms with Crippen LogP contribution in [0.3, 0.4) is 0 Å².